The number of nitrogens with zero attached hydrogens (tertiary/aromatic N) is 3. The van der Waals surface area contributed by atoms with Crippen LogP contribution in [0.25, 0.3) is 33.0 Å². The average Bonchev–Trinajstić information content (AvgIpc) is 2.74. The molecule has 0 fully saturated rings. The van der Waals surface area contributed by atoms with Gasteiger partial charge in [-0.05, 0) is 26.0 Å². The Morgan fingerprint density at radius 3 is 2.53 bits per heavy atom. The van der Waals surface area contributed by atoms with Gasteiger partial charge in [-0.3, -0.25) is 9.62 Å². The second-order valence-corrected chi connectivity index (χ2v) is 8.56. The third kappa shape index (κ3) is 4.07. The first-order valence-corrected chi connectivity index (χ1v) is 11.8. The van der Waals surface area contributed by atoms with E-state index < -0.39 is 16.8 Å². The topological polar surface area (TPSA) is 147 Å². The van der Waals surface area contributed by atoms with E-state index in [1.807, 2.05) is 24.3 Å². The Bertz CT molecular complexity index is 1460. The number of aromatic amines is 1. The quantitative estimate of drug-likeness (QED) is 0.317. The van der Waals surface area contributed by atoms with Crippen molar-refractivity contribution in [2.45, 2.75) is 13.8 Å². The minimum atomic E-state index is -1.10. The summed E-state index contributed by atoms with van der Waals surface area (Å²) < 4.78 is 15.5. The van der Waals surface area contributed by atoms with Crippen molar-refractivity contribution in [1.82, 2.24) is 9.97 Å². The summed E-state index contributed by atoms with van der Waals surface area (Å²) in [7, 11) is -0.611. The van der Waals surface area contributed by atoms with Crippen molar-refractivity contribution in [3.05, 3.63) is 41.0 Å². The Morgan fingerprint density at radius 2 is 1.97 bits per heavy atom. The third-order valence-electron chi connectivity index (χ3n) is 4.96. The zero-order chi connectivity index (χ0) is 23.6. The smallest absolute Gasteiger partial charge is 0.337 e. The van der Waals surface area contributed by atoms with Gasteiger partial charge in [0.1, 0.15) is 17.2 Å². The van der Waals surface area contributed by atoms with Crippen molar-refractivity contribution in [2.75, 3.05) is 30.5 Å². The Balaban J connectivity index is 0.000000668. The molecule has 0 aliphatic rings. The van der Waals surface area contributed by atoms with Crippen LogP contribution in [0.3, 0.4) is 0 Å². The van der Waals surface area contributed by atoms with Gasteiger partial charge >= 0.3 is 5.97 Å². The van der Waals surface area contributed by atoms with Crippen LogP contribution in [0.4, 0.5) is 5.69 Å². The lowest BCUT2D eigenvalue weighted by molar-refractivity contribution is 0.0698. The number of hydrogen-bond donors (Lipinski definition) is 3. The van der Waals surface area contributed by atoms with E-state index in [9.17, 15) is 19.4 Å². The molecule has 0 amide bonds. The van der Waals surface area contributed by atoms with Crippen LogP contribution < -0.4 is 10.4 Å². The van der Waals surface area contributed by atoms with Gasteiger partial charge in [-0.25, -0.2) is 4.79 Å². The van der Waals surface area contributed by atoms with Gasteiger partial charge < -0.3 is 19.4 Å². The van der Waals surface area contributed by atoms with Crippen molar-refractivity contribution in [2.24, 2.45) is 0 Å². The SMILES string of the molecule is CCN(CC)c1ccc2c(c1)oc1nc(=N)c(C#N)c3[nH]cc(C(=O)O)c2c13.CS(C)=O. The number of aromatic nitrogens is 2. The number of hydrogen-bond acceptors (Lipinski definition) is 7. The lowest BCUT2D eigenvalue weighted by atomic mass is 10.0. The number of nitriles is 1. The molecule has 0 bridgehead atoms. The fourth-order valence-corrected chi connectivity index (χ4v) is 3.61. The number of pyridine rings is 2. The molecular weight excluding hydrogens is 430 g/mol. The zero-order valence-corrected chi connectivity index (χ0v) is 19.0. The summed E-state index contributed by atoms with van der Waals surface area (Å²) in [4.78, 5) is 21.0. The number of rotatable bonds is 4. The van der Waals surface area contributed by atoms with Gasteiger partial charge in [0.15, 0.2) is 5.49 Å². The Morgan fingerprint density at radius 1 is 1.31 bits per heavy atom. The first-order chi connectivity index (χ1) is 15.2. The number of benzene rings is 1. The molecule has 3 heterocycles. The van der Waals surface area contributed by atoms with Crippen molar-refractivity contribution >= 4 is 55.4 Å². The molecule has 0 saturated carbocycles. The number of nitrogens with one attached hydrogen (secondary N) is 2. The molecule has 0 aliphatic heterocycles. The van der Waals surface area contributed by atoms with E-state index in [1.54, 1.807) is 12.5 Å². The van der Waals surface area contributed by atoms with E-state index in [0.29, 0.717) is 27.3 Å². The minimum absolute atomic E-state index is 0.0451. The Kier molecular flexibility index (Phi) is 6.60. The molecule has 9 nitrogen and oxygen atoms in total. The number of carbonyl (C=O) groups is 1. The normalized spacial score (nSPS) is 10.9. The molecule has 0 aliphatic carbocycles. The summed E-state index contributed by atoms with van der Waals surface area (Å²) in [6.45, 7) is 5.74. The molecule has 166 valence electrons. The maximum absolute atomic E-state index is 11.9. The maximum Gasteiger partial charge on any atom is 0.337 e. The number of fused-ring (bicyclic) bond motifs is 2. The van der Waals surface area contributed by atoms with E-state index >= 15 is 0 Å². The van der Waals surface area contributed by atoms with Crippen LogP contribution in [0.15, 0.2) is 28.8 Å². The van der Waals surface area contributed by atoms with Gasteiger partial charge in [0.2, 0.25) is 5.71 Å². The molecule has 4 aromatic rings. The van der Waals surface area contributed by atoms with E-state index in [-0.39, 0.29) is 22.3 Å². The van der Waals surface area contributed by atoms with Crippen LogP contribution >= 0.6 is 0 Å². The number of aromatic carboxylic acids is 1. The van der Waals surface area contributed by atoms with Crippen molar-refractivity contribution in [1.29, 1.82) is 10.7 Å². The molecule has 32 heavy (non-hydrogen) atoms. The van der Waals surface area contributed by atoms with E-state index in [1.165, 1.54) is 6.20 Å². The molecule has 0 radical (unpaired) electrons. The van der Waals surface area contributed by atoms with Crippen molar-refractivity contribution in [3.8, 4) is 6.07 Å². The number of H-pyrrole nitrogens is 1. The highest BCUT2D eigenvalue weighted by molar-refractivity contribution is 7.83. The number of anilines is 1. The molecular formula is C22H23N5O4S. The van der Waals surface area contributed by atoms with E-state index in [2.05, 4.69) is 28.7 Å². The largest absolute Gasteiger partial charge is 0.478 e. The molecule has 3 aromatic heterocycles. The highest BCUT2D eigenvalue weighted by Gasteiger charge is 2.21. The average molecular weight is 454 g/mol. The standard InChI is InChI=1S/C20H17N5O3.C2H6OS/c1-3-25(4-2)10-5-6-11-14(7-10)28-19-16-15(11)13(20(26)27)9-23-17(16)12(8-21)18(22)24-19;1-4(2)3/h5-7,9,22-23H,3-4H2,1-2H3,(H,26,27);1-2H3. The van der Waals surface area contributed by atoms with Crippen LogP contribution in [0, 0.1) is 16.7 Å². The maximum atomic E-state index is 11.9. The second-order valence-electron chi connectivity index (χ2n) is 7.08. The second kappa shape index (κ2) is 9.20. The molecule has 4 rings (SSSR count). The molecule has 10 heteroatoms. The molecule has 1 aromatic carbocycles. The van der Waals surface area contributed by atoms with Crippen molar-refractivity contribution < 1.29 is 18.5 Å². The third-order valence-corrected chi connectivity index (χ3v) is 4.96. The summed E-state index contributed by atoms with van der Waals surface area (Å²) in [5.41, 5.74) is 1.76. The summed E-state index contributed by atoms with van der Waals surface area (Å²) in [5, 5.41) is 28.6. The Hall–Kier alpha value is -3.71. The van der Waals surface area contributed by atoms with E-state index in [0.717, 1.165) is 18.8 Å². The fraction of sp³-hybridized carbons (Fsp3) is 0.273. The fourth-order valence-electron chi connectivity index (χ4n) is 3.61. The minimum Gasteiger partial charge on any atom is -0.478 e. The lowest BCUT2D eigenvalue weighted by Crippen LogP contribution is -2.21. The summed E-state index contributed by atoms with van der Waals surface area (Å²) in [6.07, 6.45) is 4.62. The van der Waals surface area contributed by atoms with Crippen LogP contribution in [0.2, 0.25) is 0 Å². The van der Waals surface area contributed by atoms with Gasteiger partial charge in [-0.1, -0.05) is 0 Å². The number of carboxylic acids is 1. The lowest BCUT2D eigenvalue weighted by Gasteiger charge is -2.21. The highest BCUT2D eigenvalue weighted by atomic mass is 32.2. The predicted octanol–water partition coefficient (Wildman–Crippen LogP) is 3.35. The Labute approximate surface area is 186 Å². The first-order valence-electron chi connectivity index (χ1n) is 9.83. The van der Waals surface area contributed by atoms with Gasteiger partial charge in [0.25, 0.3) is 0 Å². The molecule has 0 unspecified atom stereocenters. The first kappa shape index (κ1) is 23.0. The van der Waals surface area contributed by atoms with Crippen LogP contribution in [-0.2, 0) is 10.8 Å². The molecule has 0 atom stereocenters. The summed E-state index contributed by atoms with van der Waals surface area (Å²) in [6, 6.07) is 7.56. The zero-order valence-electron chi connectivity index (χ0n) is 18.1. The van der Waals surface area contributed by atoms with Gasteiger partial charge in [0, 0.05) is 65.1 Å². The predicted molar refractivity (Wildman–Crippen MR) is 124 cm³/mol. The van der Waals surface area contributed by atoms with E-state index in [4.69, 9.17) is 9.83 Å². The summed E-state index contributed by atoms with van der Waals surface area (Å²) in [5.74, 6) is -1.10. The summed E-state index contributed by atoms with van der Waals surface area (Å²) >= 11 is 0. The van der Waals surface area contributed by atoms with Gasteiger partial charge in [-0.2, -0.15) is 10.2 Å². The van der Waals surface area contributed by atoms with Gasteiger partial charge in [0.05, 0.1) is 16.5 Å². The number of carboxylic acid groups (broad SMARTS) is 1. The van der Waals surface area contributed by atoms with Crippen LogP contribution in [-0.4, -0.2) is 50.9 Å². The molecule has 3 N–H and O–H groups in total. The monoisotopic (exact) mass is 453 g/mol. The van der Waals surface area contributed by atoms with Gasteiger partial charge in [-0.15, -0.1) is 0 Å². The van der Waals surface area contributed by atoms with Crippen LogP contribution in [0.5, 0.6) is 0 Å². The van der Waals surface area contributed by atoms with Crippen molar-refractivity contribution in [3.63, 3.8) is 0 Å². The molecule has 0 spiro atoms. The van der Waals surface area contributed by atoms with Crippen LogP contribution in [0.1, 0.15) is 29.8 Å². The highest BCUT2D eigenvalue weighted by Crippen LogP contribution is 2.35. The molecule has 0 saturated heterocycles.